The number of hydrogen-bond donors (Lipinski definition) is 1. The van der Waals surface area contributed by atoms with Crippen LogP contribution in [0.15, 0.2) is 18.2 Å². The average molecular weight is 313 g/mol. The molecule has 0 saturated carbocycles. The molecule has 1 aromatic rings. The molecule has 0 aliphatic heterocycles. The number of rotatable bonds is 4. The minimum Gasteiger partial charge on any atom is -0.492 e. The van der Waals surface area contributed by atoms with Gasteiger partial charge in [-0.05, 0) is 32.9 Å². The third-order valence-corrected chi connectivity index (χ3v) is 5.39. The first kappa shape index (κ1) is 17.5. The Hall–Kier alpha value is -1.58. The van der Waals surface area contributed by atoms with E-state index < -0.39 is 20.4 Å². The van der Waals surface area contributed by atoms with Crippen molar-refractivity contribution in [3.8, 4) is 17.6 Å². The maximum atomic E-state index is 13.7. The van der Waals surface area contributed by atoms with Crippen molar-refractivity contribution < 1.29 is 17.5 Å². The van der Waals surface area contributed by atoms with E-state index in [2.05, 4.69) is 11.8 Å². The summed E-state index contributed by atoms with van der Waals surface area (Å²) < 4.78 is 41.9. The van der Waals surface area contributed by atoms with Crippen LogP contribution in [-0.2, 0) is 9.84 Å². The van der Waals surface area contributed by atoms with Gasteiger partial charge < -0.3 is 10.5 Å². The van der Waals surface area contributed by atoms with Crippen molar-refractivity contribution in [1.29, 1.82) is 0 Å². The van der Waals surface area contributed by atoms with Gasteiger partial charge >= 0.3 is 0 Å². The van der Waals surface area contributed by atoms with Crippen LogP contribution in [0.2, 0.25) is 0 Å². The quantitative estimate of drug-likeness (QED) is 0.860. The van der Waals surface area contributed by atoms with Crippen LogP contribution in [0.25, 0.3) is 0 Å². The van der Waals surface area contributed by atoms with Gasteiger partial charge in [0, 0.05) is 6.07 Å². The lowest BCUT2D eigenvalue weighted by atomic mass is 10.2. The van der Waals surface area contributed by atoms with Gasteiger partial charge in [-0.2, -0.15) is 0 Å². The molecule has 0 fully saturated rings. The fourth-order valence-corrected chi connectivity index (χ4v) is 2.32. The van der Waals surface area contributed by atoms with E-state index >= 15 is 0 Å². The second-order valence-corrected chi connectivity index (χ2v) is 8.29. The standard InChI is InChI=1S/C15H20FNO3S/c1-15(2,3)21(18,19)10-9-20-13-7-6-12(5-4-8-17)14(16)11-13/h6-7,11H,8-10,17H2,1-3H3. The first-order valence-electron chi connectivity index (χ1n) is 6.51. The normalized spacial score (nSPS) is 11.7. The van der Waals surface area contributed by atoms with Crippen molar-refractivity contribution in [2.45, 2.75) is 25.5 Å². The molecule has 116 valence electrons. The largest absolute Gasteiger partial charge is 0.492 e. The van der Waals surface area contributed by atoms with Crippen LogP contribution < -0.4 is 10.5 Å². The van der Waals surface area contributed by atoms with E-state index in [0.29, 0.717) is 0 Å². The summed E-state index contributed by atoms with van der Waals surface area (Å²) in [5.41, 5.74) is 5.45. The summed E-state index contributed by atoms with van der Waals surface area (Å²) in [6.07, 6.45) is 0. The molecule has 0 amide bonds. The molecule has 1 aromatic carbocycles. The molecule has 0 aliphatic rings. The molecule has 0 aliphatic carbocycles. The highest BCUT2D eigenvalue weighted by molar-refractivity contribution is 7.92. The van der Waals surface area contributed by atoms with E-state index in [1.54, 1.807) is 26.8 Å². The third kappa shape index (κ3) is 5.03. The minimum atomic E-state index is -3.25. The monoisotopic (exact) mass is 313 g/mol. The van der Waals surface area contributed by atoms with Gasteiger partial charge in [-0.1, -0.05) is 11.8 Å². The summed E-state index contributed by atoms with van der Waals surface area (Å²) in [7, 11) is -3.25. The molecule has 0 bridgehead atoms. The number of halogens is 1. The van der Waals surface area contributed by atoms with E-state index in [4.69, 9.17) is 10.5 Å². The highest BCUT2D eigenvalue weighted by Gasteiger charge is 2.28. The van der Waals surface area contributed by atoms with Crippen LogP contribution in [0.5, 0.6) is 5.75 Å². The Bertz CT molecular complexity index is 652. The summed E-state index contributed by atoms with van der Waals surface area (Å²) >= 11 is 0. The highest BCUT2D eigenvalue weighted by Crippen LogP contribution is 2.18. The molecular weight excluding hydrogens is 293 g/mol. The van der Waals surface area contributed by atoms with Crippen LogP contribution >= 0.6 is 0 Å². The second-order valence-electron chi connectivity index (χ2n) is 5.43. The number of benzene rings is 1. The first-order chi connectivity index (χ1) is 9.67. The Morgan fingerprint density at radius 3 is 2.52 bits per heavy atom. The van der Waals surface area contributed by atoms with Crippen molar-refractivity contribution in [3.63, 3.8) is 0 Å². The van der Waals surface area contributed by atoms with E-state index in [-0.39, 0.29) is 30.2 Å². The molecule has 0 spiro atoms. The molecule has 0 heterocycles. The Balaban J connectivity index is 2.68. The van der Waals surface area contributed by atoms with Gasteiger partial charge in [0.05, 0.1) is 22.6 Å². The van der Waals surface area contributed by atoms with Crippen molar-refractivity contribution in [2.75, 3.05) is 18.9 Å². The zero-order valence-electron chi connectivity index (χ0n) is 12.4. The molecule has 1 rings (SSSR count). The number of sulfone groups is 1. The molecule has 0 radical (unpaired) electrons. The summed E-state index contributed by atoms with van der Waals surface area (Å²) in [4.78, 5) is 0. The zero-order valence-corrected chi connectivity index (χ0v) is 13.3. The van der Waals surface area contributed by atoms with Crippen molar-refractivity contribution >= 4 is 9.84 Å². The highest BCUT2D eigenvalue weighted by atomic mass is 32.2. The van der Waals surface area contributed by atoms with Gasteiger partial charge in [0.1, 0.15) is 18.2 Å². The lowest BCUT2D eigenvalue weighted by molar-refractivity contribution is 0.337. The zero-order chi connectivity index (χ0) is 16.1. The molecule has 6 heteroatoms. The SMILES string of the molecule is CC(C)(C)S(=O)(=O)CCOc1ccc(C#CCN)c(F)c1. The van der Waals surface area contributed by atoms with Gasteiger partial charge in [0.25, 0.3) is 0 Å². The Labute approximate surface area is 125 Å². The van der Waals surface area contributed by atoms with Gasteiger partial charge in [0.15, 0.2) is 9.84 Å². The van der Waals surface area contributed by atoms with Gasteiger partial charge in [-0.3, -0.25) is 0 Å². The predicted molar refractivity (Wildman–Crippen MR) is 81.4 cm³/mol. The van der Waals surface area contributed by atoms with E-state index in [1.807, 2.05) is 0 Å². The molecule has 0 aromatic heterocycles. The molecule has 2 N–H and O–H groups in total. The van der Waals surface area contributed by atoms with Gasteiger partial charge in [0.2, 0.25) is 0 Å². The fourth-order valence-electron chi connectivity index (χ4n) is 1.41. The lowest BCUT2D eigenvalue weighted by Crippen LogP contribution is -2.32. The summed E-state index contributed by atoms with van der Waals surface area (Å²) in [5.74, 6) is 4.79. The lowest BCUT2D eigenvalue weighted by Gasteiger charge is -2.19. The summed E-state index contributed by atoms with van der Waals surface area (Å²) in [6.45, 7) is 5.03. The van der Waals surface area contributed by atoms with Crippen LogP contribution in [-0.4, -0.2) is 32.1 Å². The Kier molecular flexibility index (Phi) is 5.76. The van der Waals surface area contributed by atoms with Gasteiger partial charge in [-0.25, -0.2) is 12.8 Å². The topological polar surface area (TPSA) is 69.4 Å². The van der Waals surface area contributed by atoms with Gasteiger partial charge in [-0.15, -0.1) is 0 Å². The molecule has 21 heavy (non-hydrogen) atoms. The number of ether oxygens (including phenoxy) is 1. The Morgan fingerprint density at radius 2 is 2.00 bits per heavy atom. The van der Waals surface area contributed by atoms with Crippen molar-refractivity contribution in [2.24, 2.45) is 5.73 Å². The van der Waals surface area contributed by atoms with Crippen LogP contribution in [0, 0.1) is 17.7 Å². The third-order valence-electron chi connectivity index (χ3n) is 2.82. The van der Waals surface area contributed by atoms with Crippen molar-refractivity contribution in [1.82, 2.24) is 0 Å². The van der Waals surface area contributed by atoms with Crippen LogP contribution in [0.3, 0.4) is 0 Å². The molecule has 0 saturated heterocycles. The minimum absolute atomic E-state index is 0.0210. The average Bonchev–Trinajstić information content (AvgIpc) is 2.36. The van der Waals surface area contributed by atoms with E-state index in [0.717, 1.165) is 0 Å². The van der Waals surface area contributed by atoms with E-state index in [1.165, 1.54) is 12.1 Å². The maximum absolute atomic E-state index is 13.7. The van der Waals surface area contributed by atoms with E-state index in [9.17, 15) is 12.8 Å². The molecular formula is C15H20FNO3S. The summed E-state index contributed by atoms with van der Waals surface area (Å²) in [5, 5.41) is 0. The predicted octanol–water partition coefficient (Wildman–Crippen LogP) is 1.73. The first-order valence-corrected chi connectivity index (χ1v) is 8.16. The van der Waals surface area contributed by atoms with Crippen LogP contribution in [0.4, 0.5) is 4.39 Å². The Morgan fingerprint density at radius 1 is 1.33 bits per heavy atom. The number of hydrogen-bond acceptors (Lipinski definition) is 4. The molecule has 4 nitrogen and oxygen atoms in total. The second kappa shape index (κ2) is 6.92. The maximum Gasteiger partial charge on any atom is 0.158 e. The van der Waals surface area contributed by atoms with Crippen LogP contribution in [0.1, 0.15) is 26.3 Å². The molecule has 0 unspecified atom stereocenters. The molecule has 0 atom stereocenters. The number of nitrogens with two attached hydrogens (primary N) is 1. The fraction of sp³-hybridized carbons (Fsp3) is 0.467. The summed E-state index contributed by atoms with van der Waals surface area (Å²) in [6, 6.07) is 4.21. The van der Waals surface area contributed by atoms with Crippen molar-refractivity contribution in [3.05, 3.63) is 29.6 Å². The smallest absolute Gasteiger partial charge is 0.158 e.